The number of hydrogen-bond acceptors (Lipinski definition) is 4. The predicted octanol–water partition coefficient (Wildman–Crippen LogP) is 3.29. The molecule has 4 heterocycles. The van der Waals surface area contributed by atoms with Gasteiger partial charge in [0.15, 0.2) is 0 Å². The molecule has 4 aromatic heterocycles. The van der Waals surface area contributed by atoms with Crippen LogP contribution in [0.2, 0.25) is 0 Å². The first-order valence-electron chi connectivity index (χ1n) is 8.71. The first-order chi connectivity index (χ1) is 13.7. The van der Waals surface area contributed by atoms with Crippen molar-refractivity contribution < 1.29 is 4.39 Å². The number of rotatable bonds is 3. The first-order valence-corrected chi connectivity index (χ1v) is 8.71. The number of hydrogen-bond donors (Lipinski definition) is 0. The summed E-state index contributed by atoms with van der Waals surface area (Å²) in [5.41, 5.74) is 3.63. The van der Waals surface area contributed by atoms with E-state index in [1.807, 2.05) is 34.9 Å². The molecule has 28 heavy (non-hydrogen) atoms. The second kappa shape index (κ2) is 6.38. The van der Waals surface area contributed by atoms with Crippen LogP contribution in [0.1, 0.15) is 5.56 Å². The topological polar surface area (TPSA) is 65.1 Å². The molecule has 0 fully saturated rings. The Balaban J connectivity index is 1.57. The number of fused-ring (bicyclic) bond motifs is 2. The Bertz CT molecular complexity index is 1390. The minimum Gasteiger partial charge on any atom is -0.300 e. The molecule has 0 saturated carbocycles. The standard InChI is InChI=1S/C21H14FN5O/c22-16-9-14(18-11-25-20-3-1-2-8-26(18)20)4-5-15(16)13-27-19-10-23-7-6-17(19)24-12-21(27)28/h1-12H,13H2. The molecule has 0 amide bonds. The molecule has 136 valence electrons. The van der Waals surface area contributed by atoms with Crippen LogP contribution in [-0.2, 0) is 6.54 Å². The summed E-state index contributed by atoms with van der Waals surface area (Å²) < 4.78 is 18.3. The van der Waals surface area contributed by atoms with E-state index in [0.717, 1.165) is 11.3 Å². The highest BCUT2D eigenvalue weighted by molar-refractivity contribution is 5.73. The Hall–Kier alpha value is -3.87. The SMILES string of the molecule is O=c1cnc2ccncc2n1Cc1ccc(-c2cnc3ccccn23)cc1F. The number of pyridine rings is 2. The van der Waals surface area contributed by atoms with Crippen LogP contribution in [0.5, 0.6) is 0 Å². The van der Waals surface area contributed by atoms with E-state index in [2.05, 4.69) is 15.0 Å². The summed E-state index contributed by atoms with van der Waals surface area (Å²) in [6.07, 6.45) is 8.02. The number of imidazole rings is 1. The van der Waals surface area contributed by atoms with E-state index < -0.39 is 0 Å². The number of halogens is 1. The second-order valence-electron chi connectivity index (χ2n) is 6.43. The van der Waals surface area contributed by atoms with Gasteiger partial charge in [0.1, 0.15) is 11.5 Å². The summed E-state index contributed by atoms with van der Waals surface area (Å²) in [6.45, 7) is 0.100. The van der Waals surface area contributed by atoms with Crippen LogP contribution >= 0.6 is 0 Å². The Morgan fingerprint density at radius 3 is 2.82 bits per heavy atom. The monoisotopic (exact) mass is 371 g/mol. The van der Waals surface area contributed by atoms with Crippen molar-refractivity contribution in [3.8, 4) is 11.3 Å². The van der Waals surface area contributed by atoms with Crippen LogP contribution in [0, 0.1) is 5.82 Å². The van der Waals surface area contributed by atoms with Crippen molar-refractivity contribution in [1.82, 2.24) is 23.9 Å². The highest BCUT2D eigenvalue weighted by atomic mass is 19.1. The highest BCUT2D eigenvalue weighted by Crippen LogP contribution is 2.23. The van der Waals surface area contributed by atoms with Crippen LogP contribution in [0.3, 0.4) is 0 Å². The zero-order chi connectivity index (χ0) is 19.1. The summed E-state index contributed by atoms with van der Waals surface area (Å²) in [6, 6.07) is 12.4. The molecular weight excluding hydrogens is 357 g/mol. The number of aromatic nitrogens is 5. The average molecular weight is 371 g/mol. The summed E-state index contributed by atoms with van der Waals surface area (Å²) in [7, 11) is 0. The Morgan fingerprint density at radius 2 is 1.93 bits per heavy atom. The van der Waals surface area contributed by atoms with E-state index in [0.29, 0.717) is 22.2 Å². The van der Waals surface area contributed by atoms with Crippen LogP contribution in [0.15, 0.2) is 78.2 Å². The van der Waals surface area contributed by atoms with E-state index in [1.165, 1.54) is 16.8 Å². The maximum absolute atomic E-state index is 14.9. The van der Waals surface area contributed by atoms with Gasteiger partial charge < -0.3 is 0 Å². The molecule has 0 unspecified atom stereocenters. The molecule has 1 aromatic carbocycles. The fourth-order valence-corrected chi connectivity index (χ4v) is 3.32. The molecule has 5 rings (SSSR count). The zero-order valence-corrected chi connectivity index (χ0v) is 14.7. The van der Waals surface area contributed by atoms with Gasteiger partial charge in [-0.3, -0.25) is 18.7 Å². The number of nitrogens with zero attached hydrogens (tertiary/aromatic N) is 5. The summed E-state index contributed by atoms with van der Waals surface area (Å²) in [5, 5.41) is 0. The molecule has 0 aliphatic heterocycles. The molecule has 0 aliphatic carbocycles. The van der Waals surface area contributed by atoms with Crippen molar-refractivity contribution in [2.75, 3.05) is 0 Å². The zero-order valence-electron chi connectivity index (χ0n) is 14.7. The predicted molar refractivity (Wildman–Crippen MR) is 103 cm³/mol. The van der Waals surface area contributed by atoms with E-state index in [-0.39, 0.29) is 17.9 Å². The molecule has 0 N–H and O–H groups in total. The minimum absolute atomic E-state index is 0.100. The molecule has 6 nitrogen and oxygen atoms in total. The van der Waals surface area contributed by atoms with Crippen molar-refractivity contribution in [3.63, 3.8) is 0 Å². The third-order valence-electron chi connectivity index (χ3n) is 4.74. The van der Waals surface area contributed by atoms with Crippen molar-refractivity contribution in [3.05, 3.63) is 95.2 Å². The summed E-state index contributed by atoms with van der Waals surface area (Å²) in [4.78, 5) is 24.8. The Morgan fingerprint density at radius 1 is 1.00 bits per heavy atom. The smallest absolute Gasteiger partial charge is 0.269 e. The van der Waals surface area contributed by atoms with Gasteiger partial charge in [0.05, 0.1) is 41.9 Å². The summed E-state index contributed by atoms with van der Waals surface area (Å²) >= 11 is 0. The van der Waals surface area contributed by atoms with Crippen molar-refractivity contribution >= 4 is 16.7 Å². The fourth-order valence-electron chi connectivity index (χ4n) is 3.32. The van der Waals surface area contributed by atoms with Crippen molar-refractivity contribution in [1.29, 1.82) is 0 Å². The van der Waals surface area contributed by atoms with E-state index in [4.69, 9.17) is 0 Å². The van der Waals surface area contributed by atoms with Crippen molar-refractivity contribution in [2.45, 2.75) is 6.54 Å². The van der Waals surface area contributed by atoms with Gasteiger partial charge >= 0.3 is 0 Å². The van der Waals surface area contributed by atoms with Crippen LogP contribution in [-0.4, -0.2) is 23.9 Å². The molecule has 7 heteroatoms. The van der Waals surface area contributed by atoms with Gasteiger partial charge in [-0.25, -0.2) is 14.4 Å². The van der Waals surface area contributed by atoms with Gasteiger partial charge in [0.2, 0.25) is 0 Å². The van der Waals surface area contributed by atoms with Crippen LogP contribution < -0.4 is 5.56 Å². The summed E-state index contributed by atoms with van der Waals surface area (Å²) in [5.74, 6) is -0.385. The first kappa shape index (κ1) is 16.3. The average Bonchev–Trinajstić information content (AvgIpc) is 3.15. The normalized spacial score (nSPS) is 11.3. The quantitative estimate of drug-likeness (QED) is 0.488. The molecule has 0 radical (unpaired) electrons. The largest absolute Gasteiger partial charge is 0.300 e. The minimum atomic E-state index is -0.385. The van der Waals surface area contributed by atoms with Crippen LogP contribution in [0.4, 0.5) is 4.39 Å². The Labute approximate surface area is 158 Å². The third kappa shape index (κ3) is 2.64. The van der Waals surface area contributed by atoms with Crippen molar-refractivity contribution in [2.24, 2.45) is 0 Å². The maximum Gasteiger partial charge on any atom is 0.269 e. The van der Waals surface area contributed by atoms with E-state index in [9.17, 15) is 9.18 Å². The lowest BCUT2D eigenvalue weighted by Gasteiger charge is -2.11. The van der Waals surface area contributed by atoms with E-state index in [1.54, 1.807) is 30.7 Å². The number of benzene rings is 1. The molecule has 5 aromatic rings. The fraction of sp³-hybridized carbons (Fsp3) is 0.0476. The molecule has 0 spiro atoms. The lowest BCUT2D eigenvalue weighted by atomic mass is 10.1. The maximum atomic E-state index is 14.9. The highest BCUT2D eigenvalue weighted by Gasteiger charge is 2.12. The molecular formula is C21H14FN5O. The lowest BCUT2D eigenvalue weighted by Crippen LogP contribution is -2.21. The lowest BCUT2D eigenvalue weighted by molar-refractivity contribution is 0.599. The van der Waals surface area contributed by atoms with Gasteiger partial charge in [-0.15, -0.1) is 0 Å². The molecule has 0 saturated heterocycles. The third-order valence-corrected chi connectivity index (χ3v) is 4.74. The van der Waals surface area contributed by atoms with Gasteiger partial charge in [0.25, 0.3) is 5.56 Å². The van der Waals surface area contributed by atoms with E-state index >= 15 is 0 Å². The molecule has 0 atom stereocenters. The Kier molecular flexibility index (Phi) is 3.72. The molecule has 0 aliphatic rings. The van der Waals surface area contributed by atoms with Gasteiger partial charge in [-0.05, 0) is 24.3 Å². The van der Waals surface area contributed by atoms with Crippen LogP contribution in [0.25, 0.3) is 27.9 Å². The van der Waals surface area contributed by atoms with Gasteiger partial charge in [-0.1, -0.05) is 18.2 Å². The van der Waals surface area contributed by atoms with Gasteiger partial charge in [-0.2, -0.15) is 0 Å². The molecule has 0 bridgehead atoms. The van der Waals surface area contributed by atoms with Gasteiger partial charge in [0, 0.05) is 23.5 Å². The second-order valence-corrected chi connectivity index (χ2v) is 6.43.